The summed E-state index contributed by atoms with van der Waals surface area (Å²) in [5.41, 5.74) is 2.95. The first kappa shape index (κ1) is 18.2. The van der Waals surface area contributed by atoms with Crippen LogP contribution in [0.5, 0.6) is 5.75 Å². The molecule has 1 aromatic heterocycles. The van der Waals surface area contributed by atoms with Crippen LogP contribution in [0, 0.1) is 5.82 Å². The Balaban J connectivity index is 1.63. The molecule has 0 radical (unpaired) electrons. The number of aromatic amines is 1. The predicted octanol–water partition coefficient (Wildman–Crippen LogP) is 4.35. The smallest absolute Gasteiger partial charge is 0.176 e. The Morgan fingerprint density at radius 2 is 1.79 bits per heavy atom. The zero-order valence-electron chi connectivity index (χ0n) is 15.0. The molecule has 0 saturated carbocycles. The van der Waals surface area contributed by atoms with Crippen molar-refractivity contribution in [3.05, 3.63) is 78.4 Å². The Hall–Kier alpha value is -3.19. The SMILES string of the molecule is CS(=O)(=O)c1ccccc1-c1ccc2nc(COc3ccc(F)cc3)[nH]c2c1. The molecule has 3 aromatic carbocycles. The lowest BCUT2D eigenvalue weighted by Crippen LogP contribution is -1.99. The molecule has 0 bridgehead atoms. The van der Waals surface area contributed by atoms with Crippen molar-refractivity contribution in [3.8, 4) is 16.9 Å². The molecule has 0 aliphatic carbocycles. The van der Waals surface area contributed by atoms with Crippen molar-refractivity contribution in [2.45, 2.75) is 11.5 Å². The molecule has 0 unspecified atom stereocenters. The second kappa shape index (κ2) is 7.09. The van der Waals surface area contributed by atoms with E-state index in [1.165, 1.54) is 18.4 Å². The van der Waals surface area contributed by atoms with Gasteiger partial charge >= 0.3 is 0 Å². The number of H-pyrrole nitrogens is 1. The third kappa shape index (κ3) is 3.75. The minimum absolute atomic E-state index is 0.204. The van der Waals surface area contributed by atoms with Crippen LogP contribution < -0.4 is 4.74 Å². The highest BCUT2D eigenvalue weighted by Gasteiger charge is 2.15. The first-order chi connectivity index (χ1) is 13.4. The number of halogens is 1. The molecule has 0 atom stereocenters. The van der Waals surface area contributed by atoms with Gasteiger partial charge in [-0.05, 0) is 48.0 Å². The lowest BCUT2D eigenvalue weighted by Gasteiger charge is -2.07. The van der Waals surface area contributed by atoms with Crippen molar-refractivity contribution in [2.24, 2.45) is 0 Å². The second-order valence-electron chi connectivity index (χ2n) is 6.43. The summed E-state index contributed by atoms with van der Waals surface area (Å²) >= 11 is 0. The van der Waals surface area contributed by atoms with Crippen molar-refractivity contribution >= 4 is 20.9 Å². The van der Waals surface area contributed by atoms with Crippen LogP contribution in [0.4, 0.5) is 4.39 Å². The van der Waals surface area contributed by atoms with Gasteiger partial charge in [0.2, 0.25) is 0 Å². The Kier molecular flexibility index (Phi) is 4.60. The summed E-state index contributed by atoms with van der Waals surface area (Å²) in [6, 6.07) is 18.2. The maximum atomic E-state index is 13.0. The standard InChI is InChI=1S/C21H17FN2O3S/c1-28(25,26)20-5-3-2-4-17(20)14-6-11-18-19(12-14)24-21(23-18)13-27-16-9-7-15(22)8-10-16/h2-12H,13H2,1H3,(H,23,24). The van der Waals surface area contributed by atoms with E-state index in [-0.39, 0.29) is 17.3 Å². The largest absolute Gasteiger partial charge is 0.486 e. The summed E-state index contributed by atoms with van der Waals surface area (Å²) in [6.45, 7) is 0.204. The van der Waals surface area contributed by atoms with Gasteiger partial charge in [-0.1, -0.05) is 24.3 Å². The topological polar surface area (TPSA) is 72.1 Å². The van der Waals surface area contributed by atoms with Crippen LogP contribution in [0.1, 0.15) is 5.82 Å². The summed E-state index contributed by atoms with van der Waals surface area (Å²) in [6.07, 6.45) is 1.20. The molecule has 0 saturated heterocycles. The van der Waals surface area contributed by atoms with Crippen LogP contribution in [0.3, 0.4) is 0 Å². The van der Waals surface area contributed by atoms with Crippen molar-refractivity contribution in [3.63, 3.8) is 0 Å². The first-order valence-corrected chi connectivity index (χ1v) is 10.5. The van der Waals surface area contributed by atoms with Crippen molar-refractivity contribution in [1.82, 2.24) is 9.97 Å². The maximum Gasteiger partial charge on any atom is 0.176 e. The fourth-order valence-electron chi connectivity index (χ4n) is 3.01. The fraction of sp³-hybridized carbons (Fsp3) is 0.0952. The van der Waals surface area contributed by atoms with E-state index >= 15 is 0 Å². The van der Waals surface area contributed by atoms with Crippen molar-refractivity contribution in [2.75, 3.05) is 6.26 Å². The molecule has 7 heteroatoms. The molecule has 28 heavy (non-hydrogen) atoms. The number of hydrogen-bond donors (Lipinski definition) is 1. The average Bonchev–Trinajstić information content (AvgIpc) is 3.09. The van der Waals surface area contributed by atoms with Gasteiger partial charge < -0.3 is 9.72 Å². The maximum absolute atomic E-state index is 13.0. The van der Waals surface area contributed by atoms with E-state index in [0.717, 1.165) is 16.6 Å². The van der Waals surface area contributed by atoms with Crippen LogP contribution in [0.25, 0.3) is 22.2 Å². The van der Waals surface area contributed by atoms with E-state index in [1.54, 1.807) is 30.3 Å². The van der Waals surface area contributed by atoms with E-state index in [4.69, 9.17) is 4.74 Å². The molecule has 4 aromatic rings. The number of hydrogen-bond acceptors (Lipinski definition) is 4. The lowest BCUT2D eigenvalue weighted by molar-refractivity contribution is 0.297. The van der Waals surface area contributed by atoms with Gasteiger partial charge in [-0.3, -0.25) is 0 Å². The average molecular weight is 396 g/mol. The first-order valence-electron chi connectivity index (χ1n) is 8.57. The zero-order valence-corrected chi connectivity index (χ0v) is 15.8. The fourth-order valence-corrected chi connectivity index (χ4v) is 3.92. The molecular formula is C21H17FN2O3S. The normalized spacial score (nSPS) is 11.6. The van der Waals surface area contributed by atoms with Crippen molar-refractivity contribution < 1.29 is 17.5 Å². The highest BCUT2D eigenvalue weighted by atomic mass is 32.2. The van der Waals surface area contributed by atoms with E-state index in [2.05, 4.69) is 9.97 Å². The molecule has 0 aliphatic rings. The van der Waals surface area contributed by atoms with E-state index in [1.807, 2.05) is 24.3 Å². The van der Waals surface area contributed by atoms with Gasteiger partial charge in [0.15, 0.2) is 9.84 Å². The number of imidazole rings is 1. The number of nitrogens with one attached hydrogen (secondary N) is 1. The van der Waals surface area contributed by atoms with Crippen LogP contribution in [-0.4, -0.2) is 24.6 Å². The number of nitrogens with zero attached hydrogens (tertiary/aromatic N) is 1. The van der Waals surface area contributed by atoms with Gasteiger partial charge in [-0.15, -0.1) is 0 Å². The zero-order chi connectivity index (χ0) is 19.7. The van der Waals surface area contributed by atoms with Gasteiger partial charge in [0.05, 0.1) is 15.9 Å². The molecule has 1 heterocycles. The number of aromatic nitrogens is 2. The Labute approximate surface area is 161 Å². The van der Waals surface area contributed by atoms with Gasteiger partial charge in [0.25, 0.3) is 0 Å². The van der Waals surface area contributed by atoms with Crippen LogP contribution in [-0.2, 0) is 16.4 Å². The third-order valence-corrected chi connectivity index (χ3v) is 5.47. The van der Waals surface area contributed by atoms with Gasteiger partial charge in [0.1, 0.15) is 24.0 Å². The molecule has 4 rings (SSSR count). The number of fused-ring (bicyclic) bond motifs is 1. The molecule has 1 N–H and O–H groups in total. The van der Waals surface area contributed by atoms with Crippen LogP contribution in [0.15, 0.2) is 71.6 Å². The molecule has 0 aliphatic heterocycles. The molecule has 142 valence electrons. The third-order valence-electron chi connectivity index (χ3n) is 4.32. The summed E-state index contributed by atoms with van der Waals surface area (Å²) in [5, 5.41) is 0. The molecule has 0 fully saturated rings. The minimum atomic E-state index is -3.34. The monoisotopic (exact) mass is 396 g/mol. The lowest BCUT2D eigenvalue weighted by atomic mass is 10.1. The van der Waals surface area contributed by atoms with Crippen molar-refractivity contribution in [1.29, 1.82) is 0 Å². The van der Waals surface area contributed by atoms with Crippen LogP contribution in [0.2, 0.25) is 0 Å². The molecular weight excluding hydrogens is 379 g/mol. The van der Waals surface area contributed by atoms with E-state index < -0.39 is 9.84 Å². The highest BCUT2D eigenvalue weighted by Crippen LogP contribution is 2.29. The van der Waals surface area contributed by atoms with Crippen LogP contribution >= 0.6 is 0 Å². The Morgan fingerprint density at radius 1 is 1.04 bits per heavy atom. The summed E-state index contributed by atoms with van der Waals surface area (Å²) in [7, 11) is -3.34. The Morgan fingerprint density at radius 3 is 2.54 bits per heavy atom. The van der Waals surface area contributed by atoms with E-state index in [9.17, 15) is 12.8 Å². The van der Waals surface area contributed by atoms with Gasteiger partial charge in [-0.25, -0.2) is 17.8 Å². The minimum Gasteiger partial charge on any atom is -0.486 e. The predicted molar refractivity (Wildman–Crippen MR) is 105 cm³/mol. The number of ether oxygens (including phenoxy) is 1. The summed E-state index contributed by atoms with van der Waals surface area (Å²) < 4.78 is 42.7. The van der Waals surface area contributed by atoms with E-state index in [0.29, 0.717) is 17.1 Å². The Bertz CT molecular complexity index is 1250. The quantitative estimate of drug-likeness (QED) is 0.544. The number of sulfone groups is 1. The van der Waals surface area contributed by atoms with Gasteiger partial charge in [-0.2, -0.15) is 0 Å². The number of benzene rings is 3. The highest BCUT2D eigenvalue weighted by molar-refractivity contribution is 7.90. The van der Waals surface area contributed by atoms with Gasteiger partial charge in [0, 0.05) is 11.8 Å². The number of rotatable bonds is 5. The second-order valence-corrected chi connectivity index (χ2v) is 8.41. The summed E-state index contributed by atoms with van der Waals surface area (Å²) in [5.74, 6) is 0.843. The molecule has 0 spiro atoms. The summed E-state index contributed by atoms with van der Waals surface area (Å²) in [4.78, 5) is 7.95. The molecule has 0 amide bonds. The molecule has 5 nitrogen and oxygen atoms in total.